The summed E-state index contributed by atoms with van der Waals surface area (Å²) in [5.41, 5.74) is 3.32. The van der Waals surface area contributed by atoms with Crippen LogP contribution < -0.4 is 0 Å². The summed E-state index contributed by atoms with van der Waals surface area (Å²) in [5.74, 6) is 0. The van der Waals surface area contributed by atoms with E-state index in [1.807, 2.05) is 28.9 Å². The first-order chi connectivity index (χ1) is 8.25. The number of benzene rings is 1. The van der Waals surface area contributed by atoms with Crippen molar-refractivity contribution >= 4 is 5.65 Å². The Bertz CT molecular complexity index is 632. The van der Waals surface area contributed by atoms with Gasteiger partial charge >= 0.3 is 0 Å². The Morgan fingerprint density at radius 1 is 1.06 bits per heavy atom. The van der Waals surface area contributed by atoms with Crippen molar-refractivity contribution in [3.05, 3.63) is 48.8 Å². The summed E-state index contributed by atoms with van der Waals surface area (Å²) in [7, 11) is 0. The average Bonchev–Trinajstić information content (AvgIpc) is 2.88. The van der Waals surface area contributed by atoms with Crippen LogP contribution in [0.4, 0.5) is 0 Å². The van der Waals surface area contributed by atoms with E-state index in [-0.39, 0.29) is 0 Å². The SMILES string of the molecule is CC(C)n1ccn2nc(-c3ccccc3)cc12. The van der Waals surface area contributed by atoms with Gasteiger partial charge in [0.2, 0.25) is 0 Å². The lowest BCUT2D eigenvalue weighted by Crippen LogP contribution is -1.97. The minimum Gasteiger partial charge on any atom is -0.329 e. The summed E-state index contributed by atoms with van der Waals surface area (Å²) in [4.78, 5) is 0. The molecule has 0 saturated heterocycles. The molecular formula is C14H15N3. The van der Waals surface area contributed by atoms with E-state index in [0.29, 0.717) is 6.04 Å². The minimum atomic E-state index is 0.452. The van der Waals surface area contributed by atoms with E-state index >= 15 is 0 Å². The predicted octanol–water partition coefficient (Wildman–Crippen LogP) is 3.38. The highest BCUT2D eigenvalue weighted by molar-refractivity contribution is 5.64. The Kier molecular flexibility index (Phi) is 2.25. The second-order valence-electron chi connectivity index (χ2n) is 4.50. The molecule has 0 aliphatic rings. The van der Waals surface area contributed by atoms with Crippen LogP contribution in [0, 0.1) is 0 Å². The Morgan fingerprint density at radius 2 is 1.82 bits per heavy atom. The molecule has 0 spiro atoms. The number of rotatable bonds is 2. The van der Waals surface area contributed by atoms with E-state index in [1.54, 1.807) is 0 Å². The van der Waals surface area contributed by atoms with Gasteiger partial charge in [-0.05, 0) is 13.8 Å². The van der Waals surface area contributed by atoms with Crippen molar-refractivity contribution in [2.24, 2.45) is 0 Å². The van der Waals surface area contributed by atoms with Crippen molar-refractivity contribution in [3.8, 4) is 11.3 Å². The molecule has 0 N–H and O–H groups in total. The van der Waals surface area contributed by atoms with Crippen LogP contribution in [0.15, 0.2) is 48.8 Å². The Labute approximate surface area is 100 Å². The van der Waals surface area contributed by atoms with Crippen molar-refractivity contribution in [1.29, 1.82) is 0 Å². The number of aromatic nitrogens is 3. The maximum atomic E-state index is 4.58. The molecule has 17 heavy (non-hydrogen) atoms. The molecule has 3 nitrogen and oxygen atoms in total. The van der Waals surface area contributed by atoms with Gasteiger partial charge in [0.15, 0.2) is 0 Å². The predicted molar refractivity (Wildman–Crippen MR) is 69.0 cm³/mol. The lowest BCUT2D eigenvalue weighted by molar-refractivity contribution is 0.619. The molecule has 3 heteroatoms. The van der Waals surface area contributed by atoms with Crippen molar-refractivity contribution in [1.82, 2.24) is 14.2 Å². The van der Waals surface area contributed by atoms with Gasteiger partial charge in [-0.15, -0.1) is 0 Å². The summed E-state index contributed by atoms with van der Waals surface area (Å²) in [6, 6.07) is 12.9. The molecular weight excluding hydrogens is 210 g/mol. The quantitative estimate of drug-likeness (QED) is 0.655. The lowest BCUT2D eigenvalue weighted by Gasteiger charge is -2.05. The van der Waals surface area contributed by atoms with E-state index in [1.165, 1.54) is 0 Å². The minimum absolute atomic E-state index is 0.452. The lowest BCUT2D eigenvalue weighted by atomic mass is 10.2. The van der Waals surface area contributed by atoms with Gasteiger partial charge in [0.1, 0.15) is 5.65 Å². The van der Waals surface area contributed by atoms with Crippen LogP contribution in [0.2, 0.25) is 0 Å². The van der Waals surface area contributed by atoms with Crippen LogP contribution in [0.3, 0.4) is 0 Å². The first-order valence-corrected chi connectivity index (χ1v) is 5.87. The third-order valence-electron chi connectivity index (χ3n) is 2.97. The van der Waals surface area contributed by atoms with Gasteiger partial charge in [0.25, 0.3) is 0 Å². The molecule has 0 atom stereocenters. The van der Waals surface area contributed by atoms with Crippen LogP contribution in [0.1, 0.15) is 19.9 Å². The molecule has 2 aromatic heterocycles. The van der Waals surface area contributed by atoms with Crippen LogP contribution in [-0.4, -0.2) is 14.2 Å². The summed E-state index contributed by atoms with van der Waals surface area (Å²) < 4.78 is 4.15. The molecule has 0 aliphatic heterocycles. The van der Waals surface area contributed by atoms with Crippen LogP contribution >= 0.6 is 0 Å². The molecule has 0 unspecified atom stereocenters. The average molecular weight is 225 g/mol. The van der Waals surface area contributed by atoms with Gasteiger partial charge in [-0.2, -0.15) is 5.10 Å². The highest BCUT2D eigenvalue weighted by atomic mass is 15.3. The standard InChI is InChI=1S/C14H15N3/c1-11(2)16-8-9-17-14(16)10-13(15-17)12-6-4-3-5-7-12/h3-11H,1-2H3. The normalized spacial score (nSPS) is 11.5. The van der Waals surface area contributed by atoms with Crippen LogP contribution in [-0.2, 0) is 0 Å². The monoisotopic (exact) mass is 225 g/mol. The molecule has 0 amide bonds. The van der Waals surface area contributed by atoms with Crippen LogP contribution in [0.5, 0.6) is 0 Å². The zero-order chi connectivity index (χ0) is 11.8. The summed E-state index contributed by atoms with van der Waals surface area (Å²) in [6.45, 7) is 4.35. The number of hydrogen-bond acceptors (Lipinski definition) is 1. The summed E-state index contributed by atoms with van der Waals surface area (Å²) >= 11 is 0. The fourth-order valence-corrected chi connectivity index (χ4v) is 2.09. The van der Waals surface area contributed by atoms with Crippen molar-refractivity contribution in [3.63, 3.8) is 0 Å². The number of nitrogens with zero attached hydrogens (tertiary/aromatic N) is 3. The zero-order valence-corrected chi connectivity index (χ0v) is 10.0. The van der Waals surface area contributed by atoms with Gasteiger partial charge in [0, 0.05) is 30.1 Å². The molecule has 0 fully saturated rings. The van der Waals surface area contributed by atoms with E-state index in [4.69, 9.17) is 0 Å². The van der Waals surface area contributed by atoms with Crippen molar-refractivity contribution in [2.45, 2.75) is 19.9 Å². The Hall–Kier alpha value is -2.03. The number of hydrogen-bond donors (Lipinski definition) is 0. The second-order valence-corrected chi connectivity index (χ2v) is 4.50. The van der Waals surface area contributed by atoms with Gasteiger partial charge < -0.3 is 4.57 Å². The van der Waals surface area contributed by atoms with E-state index in [0.717, 1.165) is 16.9 Å². The number of fused-ring (bicyclic) bond motifs is 1. The van der Waals surface area contributed by atoms with Crippen molar-refractivity contribution < 1.29 is 0 Å². The van der Waals surface area contributed by atoms with E-state index in [9.17, 15) is 0 Å². The molecule has 2 heterocycles. The fourth-order valence-electron chi connectivity index (χ4n) is 2.09. The van der Waals surface area contributed by atoms with Gasteiger partial charge in [-0.25, -0.2) is 4.52 Å². The second kappa shape index (κ2) is 3.77. The highest BCUT2D eigenvalue weighted by Gasteiger charge is 2.09. The summed E-state index contributed by atoms with van der Waals surface area (Å²) in [6.07, 6.45) is 4.07. The molecule has 3 aromatic rings. The van der Waals surface area contributed by atoms with Gasteiger partial charge in [-0.1, -0.05) is 30.3 Å². The highest BCUT2D eigenvalue weighted by Crippen LogP contribution is 2.21. The first-order valence-electron chi connectivity index (χ1n) is 5.87. The molecule has 0 radical (unpaired) electrons. The smallest absolute Gasteiger partial charge is 0.136 e. The zero-order valence-electron chi connectivity index (χ0n) is 10.0. The molecule has 1 aromatic carbocycles. The fraction of sp³-hybridized carbons (Fsp3) is 0.214. The first kappa shape index (κ1) is 10.1. The largest absolute Gasteiger partial charge is 0.329 e. The van der Waals surface area contributed by atoms with E-state index in [2.05, 4.69) is 47.9 Å². The maximum absolute atomic E-state index is 4.58. The summed E-state index contributed by atoms with van der Waals surface area (Å²) in [5, 5.41) is 4.58. The van der Waals surface area contributed by atoms with Crippen molar-refractivity contribution in [2.75, 3.05) is 0 Å². The maximum Gasteiger partial charge on any atom is 0.136 e. The number of imidazole rings is 1. The van der Waals surface area contributed by atoms with E-state index < -0.39 is 0 Å². The molecule has 0 bridgehead atoms. The molecule has 0 aliphatic carbocycles. The molecule has 86 valence electrons. The third kappa shape index (κ3) is 1.64. The van der Waals surface area contributed by atoms with Crippen LogP contribution in [0.25, 0.3) is 16.9 Å². The molecule has 0 saturated carbocycles. The topological polar surface area (TPSA) is 22.2 Å². The Morgan fingerprint density at radius 3 is 2.53 bits per heavy atom. The molecule has 3 rings (SSSR count). The Balaban J connectivity index is 2.15. The van der Waals surface area contributed by atoms with Gasteiger partial charge in [0.05, 0.1) is 5.69 Å². The van der Waals surface area contributed by atoms with Gasteiger partial charge in [-0.3, -0.25) is 0 Å². The third-order valence-corrected chi connectivity index (χ3v) is 2.97.